The van der Waals surface area contributed by atoms with Gasteiger partial charge in [0.1, 0.15) is 5.41 Å². The molecule has 2 atom stereocenters. The first-order chi connectivity index (χ1) is 11.6. The van der Waals surface area contributed by atoms with Crippen LogP contribution in [0.5, 0.6) is 0 Å². The lowest BCUT2D eigenvalue weighted by atomic mass is 9.65. The van der Waals surface area contributed by atoms with Crippen LogP contribution in [0.2, 0.25) is 0 Å². The van der Waals surface area contributed by atoms with Crippen LogP contribution in [0, 0.1) is 11.3 Å². The maximum absolute atomic E-state index is 13.4. The van der Waals surface area contributed by atoms with Crippen molar-refractivity contribution in [3.8, 4) is 0 Å². The number of hydrogen-bond donors (Lipinski definition) is 0. The summed E-state index contributed by atoms with van der Waals surface area (Å²) in [6, 6.07) is 9.65. The van der Waals surface area contributed by atoms with Gasteiger partial charge in [-0.25, -0.2) is 0 Å². The Morgan fingerprint density at radius 1 is 1.25 bits per heavy atom. The highest BCUT2D eigenvalue weighted by molar-refractivity contribution is 6.05. The van der Waals surface area contributed by atoms with Gasteiger partial charge >= 0.3 is 5.97 Å². The first-order valence-corrected chi connectivity index (χ1v) is 8.94. The number of hydrogen-bond acceptors (Lipinski definition) is 3. The molecule has 0 aromatic heterocycles. The predicted molar refractivity (Wildman–Crippen MR) is 95.7 cm³/mol. The minimum atomic E-state index is -1.22. The first-order valence-electron chi connectivity index (χ1n) is 8.94. The van der Waals surface area contributed by atoms with E-state index in [-0.39, 0.29) is 24.2 Å². The van der Waals surface area contributed by atoms with Crippen molar-refractivity contribution < 1.29 is 14.3 Å². The van der Waals surface area contributed by atoms with Crippen molar-refractivity contribution >= 4 is 11.8 Å². The van der Waals surface area contributed by atoms with Gasteiger partial charge < -0.3 is 4.74 Å². The summed E-state index contributed by atoms with van der Waals surface area (Å²) in [5.74, 6) is -0.866. The van der Waals surface area contributed by atoms with E-state index in [1.165, 1.54) is 6.42 Å². The third kappa shape index (κ3) is 3.61. The molecule has 0 N–H and O–H groups in total. The zero-order chi connectivity index (χ0) is 17.6. The molecule has 0 bridgehead atoms. The van der Waals surface area contributed by atoms with E-state index in [0.29, 0.717) is 0 Å². The second-order valence-corrected chi connectivity index (χ2v) is 6.75. The summed E-state index contributed by atoms with van der Waals surface area (Å²) in [7, 11) is 0. The molecule has 24 heavy (non-hydrogen) atoms. The van der Waals surface area contributed by atoms with E-state index >= 15 is 0 Å². The van der Waals surface area contributed by atoms with E-state index in [2.05, 4.69) is 6.58 Å². The summed E-state index contributed by atoms with van der Waals surface area (Å²) in [6.45, 7) is 7.69. The lowest BCUT2D eigenvalue weighted by molar-refractivity contribution is -0.161. The number of ether oxygens (including phenoxy) is 1. The van der Waals surface area contributed by atoms with Crippen LogP contribution in [0.15, 0.2) is 43.0 Å². The van der Waals surface area contributed by atoms with Gasteiger partial charge in [0, 0.05) is 11.8 Å². The molecule has 1 aromatic rings. The van der Waals surface area contributed by atoms with Crippen LogP contribution >= 0.6 is 0 Å². The molecule has 130 valence electrons. The molecule has 0 unspecified atom stereocenters. The van der Waals surface area contributed by atoms with Crippen molar-refractivity contribution in [2.24, 2.45) is 11.3 Å². The highest BCUT2D eigenvalue weighted by atomic mass is 16.5. The predicted octanol–water partition coefficient (Wildman–Crippen LogP) is 4.68. The summed E-state index contributed by atoms with van der Waals surface area (Å²) in [5, 5.41) is 0. The molecule has 1 aliphatic carbocycles. The van der Waals surface area contributed by atoms with Crippen LogP contribution in [-0.4, -0.2) is 18.4 Å². The number of allylic oxidation sites excluding steroid dienone is 1. The molecule has 1 fully saturated rings. The van der Waals surface area contributed by atoms with E-state index < -0.39 is 11.4 Å². The molecule has 0 spiro atoms. The van der Waals surface area contributed by atoms with E-state index in [9.17, 15) is 9.59 Å². The Kier molecular flexibility index (Phi) is 6.36. The Bertz CT molecular complexity index is 572. The third-order valence-electron chi connectivity index (χ3n) is 5.20. The topological polar surface area (TPSA) is 43.4 Å². The zero-order valence-corrected chi connectivity index (χ0v) is 14.8. The van der Waals surface area contributed by atoms with Crippen molar-refractivity contribution in [1.82, 2.24) is 0 Å². The monoisotopic (exact) mass is 328 g/mol. The fourth-order valence-electron chi connectivity index (χ4n) is 3.82. The van der Waals surface area contributed by atoms with E-state index in [4.69, 9.17) is 4.74 Å². The molecule has 0 heterocycles. The number of carbonyl (C=O) groups excluding carboxylic acids is 2. The highest BCUT2D eigenvalue weighted by Gasteiger charge is 2.50. The van der Waals surface area contributed by atoms with Gasteiger partial charge in [0.05, 0.1) is 6.61 Å². The lowest BCUT2D eigenvalue weighted by Crippen LogP contribution is -2.46. The average molecular weight is 328 g/mol. The number of carbonyl (C=O) groups is 2. The van der Waals surface area contributed by atoms with Crippen LogP contribution in [0.1, 0.15) is 57.4 Å². The third-order valence-corrected chi connectivity index (χ3v) is 5.20. The minimum Gasteiger partial charge on any atom is -0.465 e. The average Bonchev–Trinajstić information content (AvgIpc) is 2.63. The molecule has 1 aliphatic rings. The second kappa shape index (κ2) is 8.27. The molecule has 0 radical (unpaired) electrons. The normalized spacial score (nSPS) is 19.1. The van der Waals surface area contributed by atoms with Gasteiger partial charge in [-0.15, -0.1) is 6.58 Å². The molecule has 1 saturated carbocycles. The summed E-state index contributed by atoms with van der Waals surface area (Å²) < 4.78 is 5.32. The number of benzene rings is 1. The lowest BCUT2D eigenvalue weighted by Gasteiger charge is -2.36. The van der Waals surface area contributed by atoms with Gasteiger partial charge in [-0.2, -0.15) is 0 Å². The second-order valence-electron chi connectivity index (χ2n) is 6.75. The molecule has 1 aromatic carbocycles. The summed E-state index contributed by atoms with van der Waals surface area (Å²) in [4.78, 5) is 26.2. The summed E-state index contributed by atoms with van der Waals surface area (Å²) in [5.41, 5.74) is -0.298. The standard InChI is InChI=1S/C21H28O3/c1-4-18(16-12-8-6-9-13-16)21(3,20(23)24-5-2)19(22)17-14-10-7-11-15-17/h4,6,8-9,12-13,17-18H,1,5,7,10-11,14-15H2,2-3H3/t18-,21+/m0/s1. The van der Waals surface area contributed by atoms with Crippen LogP contribution in [0.25, 0.3) is 0 Å². The van der Waals surface area contributed by atoms with Crippen LogP contribution in [0.4, 0.5) is 0 Å². The van der Waals surface area contributed by atoms with Gasteiger partial charge in [-0.1, -0.05) is 55.7 Å². The number of rotatable bonds is 7. The Balaban J connectivity index is 2.43. The van der Waals surface area contributed by atoms with Gasteiger partial charge in [0.15, 0.2) is 5.78 Å². The Labute approximate surface area is 145 Å². The van der Waals surface area contributed by atoms with E-state index in [1.54, 1.807) is 19.9 Å². The quantitative estimate of drug-likeness (QED) is 0.415. The first kappa shape index (κ1) is 18.4. The van der Waals surface area contributed by atoms with Crippen LogP contribution in [-0.2, 0) is 14.3 Å². The SMILES string of the molecule is C=C[C@@H](c1ccccc1)[C@@](C)(C(=O)OCC)C(=O)C1CCCCC1. The van der Waals surface area contributed by atoms with Crippen LogP contribution in [0.3, 0.4) is 0 Å². The van der Waals surface area contributed by atoms with Crippen LogP contribution < -0.4 is 0 Å². The van der Waals surface area contributed by atoms with Crippen molar-refractivity contribution in [3.05, 3.63) is 48.6 Å². The highest BCUT2D eigenvalue weighted by Crippen LogP contribution is 2.43. The number of ketones is 1. The maximum Gasteiger partial charge on any atom is 0.320 e. The molecule has 2 rings (SSSR count). The molecule has 0 amide bonds. The molecular weight excluding hydrogens is 300 g/mol. The Morgan fingerprint density at radius 2 is 1.88 bits per heavy atom. The molecule has 0 saturated heterocycles. The van der Waals surface area contributed by atoms with Gasteiger partial charge in [-0.3, -0.25) is 9.59 Å². The zero-order valence-electron chi connectivity index (χ0n) is 14.8. The van der Waals surface area contributed by atoms with Gasteiger partial charge in [0.2, 0.25) is 0 Å². The van der Waals surface area contributed by atoms with Gasteiger partial charge in [-0.05, 0) is 32.3 Å². The molecule has 0 aliphatic heterocycles. The maximum atomic E-state index is 13.4. The summed E-state index contributed by atoms with van der Waals surface area (Å²) >= 11 is 0. The Morgan fingerprint density at radius 3 is 2.42 bits per heavy atom. The molecule has 3 nitrogen and oxygen atoms in total. The fraction of sp³-hybridized carbons (Fsp3) is 0.524. The fourth-order valence-corrected chi connectivity index (χ4v) is 3.82. The Hall–Kier alpha value is -1.90. The smallest absolute Gasteiger partial charge is 0.320 e. The van der Waals surface area contributed by atoms with E-state index in [0.717, 1.165) is 31.2 Å². The molecular formula is C21H28O3. The van der Waals surface area contributed by atoms with E-state index in [1.807, 2.05) is 30.3 Å². The number of Topliss-reactive ketones (excluding diaryl/α,β-unsaturated/α-hetero) is 1. The van der Waals surface area contributed by atoms with Crippen molar-refractivity contribution in [1.29, 1.82) is 0 Å². The number of esters is 1. The van der Waals surface area contributed by atoms with Crippen molar-refractivity contribution in [2.45, 2.75) is 51.9 Å². The van der Waals surface area contributed by atoms with Gasteiger partial charge in [0.25, 0.3) is 0 Å². The summed E-state index contributed by atoms with van der Waals surface area (Å²) in [6.07, 6.45) is 6.73. The van der Waals surface area contributed by atoms with Crippen molar-refractivity contribution in [3.63, 3.8) is 0 Å². The minimum absolute atomic E-state index is 0.00871. The molecule has 3 heteroatoms. The largest absolute Gasteiger partial charge is 0.465 e. The van der Waals surface area contributed by atoms with Crippen molar-refractivity contribution in [2.75, 3.05) is 6.61 Å².